The van der Waals surface area contributed by atoms with Gasteiger partial charge in [-0.05, 0) is 24.8 Å². The molecule has 4 N–H and O–H groups in total. The summed E-state index contributed by atoms with van der Waals surface area (Å²) in [5.41, 5.74) is 7.33. The first-order chi connectivity index (χ1) is 13.4. The molecule has 0 saturated heterocycles. The molecule has 0 radical (unpaired) electrons. The van der Waals surface area contributed by atoms with Gasteiger partial charge in [0, 0.05) is 36.7 Å². The van der Waals surface area contributed by atoms with Gasteiger partial charge in [-0.3, -0.25) is 4.79 Å². The lowest BCUT2D eigenvalue weighted by atomic mass is 9.86. The molecule has 2 aliphatic rings. The highest BCUT2D eigenvalue weighted by Crippen LogP contribution is 2.52. The van der Waals surface area contributed by atoms with Crippen LogP contribution >= 0.6 is 0 Å². The van der Waals surface area contributed by atoms with Crippen LogP contribution in [0.15, 0.2) is 30.4 Å². The number of para-hydroxylation sites is 1. The van der Waals surface area contributed by atoms with E-state index in [-0.39, 0.29) is 36.2 Å². The lowest BCUT2D eigenvalue weighted by Crippen LogP contribution is -2.19. The van der Waals surface area contributed by atoms with Crippen LogP contribution in [0.4, 0.5) is 0 Å². The predicted octanol–water partition coefficient (Wildman–Crippen LogP) is 2.30. The number of hydrogen-bond acceptors (Lipinski definition) is 4. The van der Waals surface area contributed by atoms with E-state index in [1.165, 1.54) is 0 Å². The van der Waals surface area contributed by atoms with Crippen molar-refractivity contribution in [2.75, 3.05) is 0 Å². The molecule has 1 saturated carbocycles. The molecule has 28 heavy (non-hydrogen) atoms. The molecule has 0 aromatic heterocycles. The Morgan fingerprint density at radius 3 is 2.96 bits per heavy atom. The van der Waals surface area contributed by atoms with Crippen molar-refractivity contribution in [2.45, 2.75) is 63.8 Å². The Morgan fingerprint density at radius 2 is 2.25 bits per heavy atom. The second kappa shape index (κ2) is 8.81. The monoisotopic (exact) mass is 383 g/mol. The van der Waals surface area contributed by atoms with Crippen molar-refractivity contribution in [1.82, 2.24) is 0 Å². The first-order valence-corrected chi connectivity index (χ1v) is 9.93. The van der Waals surface area contributed by atoms with E-state index in [9.17, 15) is 15.0 Å². The second-order valence-corrected chi connectivity index (χ2v) is 7.85. The number of aliphatic hydroxyl groups is 2. The topological polar surface area (TPSA) is 92.8 Å². The zero-order valence-electron chi connectivity index (χ0n) is 16.5. The van der Waals surface area contributed by atoms with Crippen LogP contribution in [-0.2, 0) is 11.2 Å². The number of amides is 1. The first kappa shape index (κ1) is 20.4. The summed E-state index contributed by atoms with van der Waals surface area (Å²) in [5, 5.41) is 20.9. The van der Waals surface area contributed by atoms with Gasteiger partial charge in [-0.25, -0.2) is 0 Å². The molecule has 0 spiro atoms. The van der Waals surface area contributed by atoms with Gasteiger partial charge >= 0.3 is 0 Å². The van der Waals surface area contributed by atoms with Crippen molar-refractivity contribution in [3.05, 3.63) is 41.5 Å². The number of carbonyl (C=O) groups is 1. The normalized spacial score (nSPS) is 27.4. The molecule has 1 aliphatic carbocycles. The van der Waals surface area contributed by atoms with Gasteiger partial charge in [0.2, 0.25) is 5.91 Å². The largest absolute Gasteiger partial charge is 0.489 e. The van der Waals surface area contributed by atoms with E-state index in [0.717, 1.165) is 16.9 Å². The maximum absolute atomic E-state index is 11.1. The number of primary amides is 1. The van der Waals surface area contributed by atoms with E-state index in [2.05, 4.69) is 11.8 Å². The average Bonchev–Trinajstić information content (AvgIpc) is 3.17. The van der Waals surface area contributed by atoms with Crippen molar-refractivity contribution in [2.24, 2.45) is 17.6 Å². The minimum Gasteiger partial charge on any atom is -0.489 e. The van der Waals surface area contributed by atoms with Crippen molar-refractivity contribution in [3.63, 3.8) is 0 Å². The molecule has 1 amide bonds. The molecular formula is C23H29NO4. The minimum absolute atomic E-state index is 0.0329. The van der Waals surface area contributed by atoms with Crippen molar-refractivity contribution in [3.8, 4) is 17.6 Å². The average molecular weight is 383 g/mol. The Bertz CT molecular complexity index is 807. The Morgan fingerprint density at radius 1 is 1.46 bits per heavy atom. The minimum atomic E-state index is -0.601. The number of aliphatic hydroxyl groups excluding tert-OH is 2. The molecule has 150 valence electrons. The molecule has 1 aromatic rings. The first-order valence-electron chi connectivity index (χ1n) is 9.93. The summed E-state index contributed by atoms with van der Waals surface area (Å²) in [6.07, 6.45) is 4.55. The number of nitrogens with two attached hydrogens (primary N) is 1. The van der Waals surface area contributed by atoms with E-state index in [1.807, 2.05) is 31.2 Å². The van der Waals surface area contributed by atoms with Gasteiger partial charge < -0.3 is 20.7 Å². The van der Waals surface area contributed by atoms with Crippen molar-refractivity contribution in [1.29, 1.82) is 0 Å². The second-order valence-electron chi connectivity index (χ2n) is 7.85. The molecule has 0 unspecified atom stereocenters. The number of fused-ring (bicyclic) bond motifs is 3. The molecule has 5 nitrogen and oxygen atoms in total. The van der Waals surface area contributed by atoms with E-state index >= 15 is 0 Å². The van der Waals surface area contributed by atoms with Crippen LogP contribution in [0.25, 0.3) is 0 Å². The third-order valence-corrected chi connectivity index (χ3v) is 5.84. The number of benzene rings is 1. The van der Waals surface area contributed by atoms with Crippen LogP contribution in [-0.4, -0.2) is 34.4 Å². The smallest absolute Gasteiger partial charge is 0.217 e. The van der Waals surface area contributed by atoms with Crippen molar-refractivity contribution >= 4 is 5.91 Å². The molecule has 1 aliphatic heterocycles. The molecule has 0 bridgehead atoms. The highest BCUT2D eigenvalue weighted by molar-refractivity contribution is 5.74. The van der Waals surface area contributed by atoms with Gasteiger partial charge in [-0.1, -0.05) is 37.3 Å². The fourth-order valence-corrected chi connectivity index (χ4v) is 4.24. The quantitative estimate of drug-likeness (QED) is 0.498. The van der Waals surface area contributed by atoms with E-state index < -0.39 is 12.2 Å². The van der Waals surface area contributed by atoms with Gasteiger partial charge in [-0.15, -0.1) is 11.8 Å². The lowest BCUT2D eigenvalue weighted by molar-refractivity contribution is -0.117. The Balaban J connectivity index is 1.78. The van der Waals surface area contributed by atoms with Gasteiger partial charge in [-0.2, -0.15) is 0 Å². The zero-order valence-corrected chi connectivity index (χ0v) is 16.5. The number of hydrogen-bond donors (Lipinski definition) is 3. The van der Waals surface area contributed by atoms with Crippen LogP contribution in [0, 0.1) is 23.7 Å². The van der Waals surface area contributed by atoms with Gasteiger partial charge in [0.1, 0.15) is 11.9 Å². The van der Waals surface area contributed by atoms with Crippen LogP contribution < -0.4 is 10.5 Å². The number of rotatable bonds is 7. The van der Waals surface area contributed by atoms with Crippen LogP contribution in [0.2, 0.25) is 0 Å². The maximum atomic E-state index is 11.1. The third-order valence-electron chi connectivity index (χ3n) is 5.84. The number of ether oxygens (including phenoxy) is 1. The highest BCUT2D eigenvalue weighted by Gasteiger charge is 2.48. The predicted molar refractivity (Wildman–Crippen MR) is 108 cm³/mol. The van der Waals surface area contributed by atoms with Gasteiger partial charge in [0.15, 0.2) is 0 Å². The molecule has 1 fully saturated rings. The third kappa shape index (κ3) is 4.24. The standard InChI is InChI=1S/C23H29NO4/c1-3-4-6-14(2)18(25)11-10-16-19(26)13-20-22(16)17-8-5-7-15(23(17)28-20)9-12-21(24)27/h5,7-8,10-11,14,16,18-20,22,25-26H,6,9,12-13H2,1-2H3,(H2,24,27)/b11-10+/t14-,16-,18-,19+,20-,22-/m0/s1. The Kier molecular flexibility index (Phi) is 6.43. The summed E-state index contributed by atoms with van der Waals surface area (Å²) >= 11 is 0. The van der Waals surface area contributed by atoms with E-state index in [4.69, 9.17) is 10.5 Å². The Hall–Kier alpha value is -2.29. The fraction of sp³-hybridized carbons (Fsp3) is 0.522. The molecule has 6 atom stereocenters. The zero-order chi connectivity index (χ0) is 20.3. The van der Waals surface area contributed by atoms with Gasteiger partial charge in [0.05, 0.1) is 12.2 Å². The molecule has 3 rings (SSSR count). The maximum Gasteiger partial charge on any atom is 0.217 e. The van der Waals surface area contributed by atoms with Crippen LogP contribution in [0.3, 0.4) is 0 Å². The lowest BCUT2D eigenvalue weighted by Gasteiger charge is -2.19. The molecule has 1 aromatic carbocycles. The van der Waals surface area contributed by atoms with Crippen molar-refractivity contribution < 1.29 is 19.7 Å². The molecule has 1 heterocycles. The summed E-state index contributed by atoms with van der Waals surface area (Å²) in [6, 6.07) is 5.96. The summed E-state index contributed by atoms with van der Waals surface area (Å²) in [7, 11) is 0. The van der Waals surface area contributed by atoms with Gasteiger partial charge in [0.25, 0.3) is 0 Å². The summed E-state index contributed by atoms with van der Waals surface area (Å²) in [4.78, 5) is 11.1. The van der Waals surface area contributed by atoms with E-state index in [0.29, 0.717) is 19.3 Å². The molecule has 5 heteroatoms. The van der Waals surface area contributed by atoms with Crippen LogP contribution in [0.1, 0.15) is 50.2 Å². The number of carbonyl (C=O) groups excluding carboxylic acids is 1. The summed E-state index contributed by atoms with van der Waals surface area (Å²) in [5.74, 6) is 6.31. The van der Waals surface area contributed by atoms with Crippen LogP contribution in [0.5, 0.6) is 5.75 Å². The number of aryl methyl sites for hydroxylation is 1. The fourth-order valence-electron chi connectivity index (χ4n) is 4.24. The Labute approximate surface area is 166 Å². The summed E-state index contributed by atoms with van der Waals surface area (Å²) in [6.45, 7) is 3.76. The SMILES string of the molecule is CC#CC[C@H](C)[C@@H](O)/C=C/[C@@H]1[C@H]2c3cccc(CCC(N)=O)c3O[C@H]2C[C@H]1O. The molecular weight excluding hydrogens is 354 g/mol. The van der Waals surface area contributed by atoms with E-state index in [1.54, 1.807) is 13.0 Å². The highest BCUT2D eigenvalue weighted by atomic mass is 16.5. The summed E-state index contributed by atoms with van der Waals surface area (Å²) < 4.78 is 6.18.